The zero-order valence-corrected chi connectivity index (χ0v) is 17.1. The van der Waals surface area contributed by atoms with Crippen molar-refractivity contribution in [3.63, 3.8) is 0 Å². The molecule has 6 nitrogen and oxygen atoms in total. The van der Waals surface area contributed by atoms with Gasteiger partial charge in [-0.1, -0.05) is 19.3 Å². The Bertz CT molecular complexity index is 828. The third-order valence-corrected chi connectivity index (χ3v) is 6.43. The molecular formula is C22H28F2N4O2. The van der Waals surface area contributed by atoms with E-state index in [1.165, 1.54) is 12.1 Å². The third-order valence-electron chi connectivity index (χ3n) is 6.43. The summed E-state index contributed by atoms with van der Waals surface area (Å²) in [6.45, 7) is 1.09. The van der Waals surface area contributed by atoms with Crippen LogP contribution >= 0.6 is 0 Å². The average molecular weight is 418 g/mol. The molecule has 0 aromatic heterocycles. The highest BCUT2D eigenvalue weighted by Gasteiger charge is 2.41. The molecule has 1 aromatic rings. The number of likely N-dealkylation sites (tertiary alicyclic amines) is 1. The quantitative estimate of drug-likeness (QED) is 0.711. The first kappa shape index (κ1) is 22.2. The summed E-state index contributed by atoms with van der Waals surface area (Å²) in [5.41, 5.74) is 4.44. The van der Waals surface area contributed by atoms with Crippen LogP contribution in [-0.4, -0.2) is 35.3 Å². The minimum atomic E-state index is -1.05. The standard InChI is InChI=1S/C22H28F2N4O2/c23-17-10-16(11-18(24)12-17)13-28-9-8-22(14-25,15-28)27-19(29)4-7-21(20(26)30)5-2-1-3-6-21/h10-12H,1-9,13,15H2,(H2,26,30)(H,27,29). The maximum atomic E-state index is 13.4. The largest absolute Gasteiger partial charge is 0.369 e. The summed E-state index contributed by atoms with van der Waals surface area (Å²) >= 11 is 0. The number of nitriles is 1. The Morgan fingerprint density at radius 3 is 2.40 bits per heavy atom. The zero-order chi connectivity index (χ0) is 21.8. The second-order valence-corrected chi connectivity index (χ2v) is 8.69. The molecule has 1 atom stereocenters. The average Bonchev–Trinajstić information content (AvgIpc) is 3.09. The molecule has 8 heteroatoms. The number of rotatable bonds is 7. The zero-order valence-electron chi connectivity index (χ0n) is 17.1. The van der Waals surface area contributed by atoms with E-state index >= 15 is 0 Å². The van der Waals surface area contributed by atoms with Crippen molar-refractivity contribution in [1.82, 2.24) is 10.2 Å². The molecule has 0 radical (unpaired) electrons. The highest BCUT2D eigenvalue weighted by molar-refractivity contribution is 5.83. The molecular weight excluding hydrogens is 390 g/mol. The van der Waals surface area contributed by atoms with E-state index in [0.29, 0.717) is 44.3 Å². The highest BCUT2D eigenvalue weighted by Crippen LogP contribution is 2.40. The number of nitrogens with one attached hydrogen (secondary N) is 1. The van der Waals surface area contributed by atoms with Gasteiger partial charge in [-0.2, -0.15) is 5.26 Å². The normalized spacial score (nSPS) is 23.6. The van der Waals surface area contributed by atoms with Gasteiger partial charge in [0.25, 0.3) is 0 Å². The maximum Gasteiger partial charge on any atom is 0.223 e. The molecule has 2 aliphatic rings. The topological polar surface area (TPSA) is 99.2 Å². The van der Waals surface area contributed by atoms with Crippen LogP contribution in [0.4, 0.5) is 8.78 Å². The van der Waals surface area contributed by atoms with Gasteiger partial charge in [0.2, 0.25) is 11.8 Å². The van der Waals surface area contributed by atoms with Crippen LogP contribution in [0.5, 0.6) is 0 Å². The van der Waals surface area contributed by atoms with Crippen molar-refractivity contribution in [3.8, 4) is 6.07 Å². The van der Waals surface area contributed by atoms with Crippen LogP contribution in [0.3, 0.4) is 0 Å². The Hall–Kier alpha value is -2.53. The lowest BCUT2D eigenvalue weighted by atomic mass is 9.70. The number of benzene rings is 1. The fraction of sp³-hybridized carbons (Fsp3) is 0.591. The Kier molecular flexibility index (Phi) is 6.71. The Balaban J connectivity index is 1.57. The Labute approximate surface area is 175 Å². The fourth-order valence-corrected chi connectivity index (χ4v) is 4.74. The van der Waals surface area contributed by atoms with E-state index in [0.717, 1.165) is 25.3 Å². The molecule has 2 fully saturated rings. The van der Waals surface area contributed by atoms with Crippen LogP contribution in [0.25, 0.3) is 0 Å². The minimum absolute atomic E-state index is 0.140. The maximum absolute atomic E-state index is 13.4. The monoisotopic (exact) mass is 418 g/mol. The van der Waals surface area contributed by atoms with Crippen molar-refractivity contribution in [2.75, 3.05) is 13.1 Å². The summed E-state index contributed by atoms with van der Waals surface area (Å²) in [6, 6.07) is 5.55. The molecule has 162 valence electrons. The lowest BCUT2D eigenvalue weighted by Crippen LogP contribution is -2.50. The summed E-state index contributed by atoms with van der Waals surface area (Å²) in [5, 5.41) is 12.5. The number of primary amides is 1. The van der Waals surface area contributed by atoms with Gasteiger partial charge in [-0.05, 0) is 43.4 Å². The number of nitrogens with two attached hydrogens (primary N) is 1. The Morgan fingerprint density at radius 1 is 1.13 bits per heavy atom. The minimum Gasteiger partial charge on any atom is -0.369 e. The fourth-order valence-electron chi connectivity index (χ4n) is 4.74. The van der Waals surface area contributed by atoms with Gasteiger partial charge in [-0.3, -0.25) is 14.5 Å². The molecule has 1 aliphatic heterocycles. The molecule has 0 spiro atoms. The van der Waals surface area contributed by atoms with Crippen LogP contribution in [0.15, 0.2) is 18.2 Å². The predicted octanol–water partition coefficient (Wildman–Crippen LogP) is 2.77. The van der Waals surface area contributed by atoms with Gasteiger partial charge in [-0.15, -0.1) is 0 Å². The van der Waals surface area contributed by atoms with Gasteiger partial charge in [0.05, 0.1) is 6.07 Å². The van der Waals surface area contributed by atoms with Crippen LogP contribution in [0, 0.1) is 28.4 Å². The molecule has 1 saturated heterocycles. The Morgan fingerprint density at radius 2 is 1.80 bits per heavy atom. The number of nitrogens with zero attached hydrogens (tertiary/aromatic N) is 2. The first-order valence-corrected chi connectivity index (χ1v) is 10.5. The summed E-state index contributed by atoms with van der Waals surface area (Å²) < 4.78 is 26.8. The molecule has 2 amide bonds. The van der Waals surface area contributed by atoms with Crippen molar-refractivity contribution < 1.29 is 18.4 Å². The molecule has 0 bridgehead atoms. The van der Waals surface area contributed by atoms with E-state index in [1.807, 2.05) is 4.90 Å². The summed E-state index contributed by atoms with van der Waals surface area (Å²) in [6.07, 6.45) is 5.31. The predicted molar refractivity (Wildman–Crippen MR) is 107 cm³/mol. The van der Waals surface area contributed by atoms with E-state index in [2.05, 4.69) is 11.4 Å². The van der Waals surface area contributed by atoms with Crippen molar-refractivity contribution in [2.45, 2.75) is 63.5 Å². The van der Waals surface area contributed by atoms with Crippen LogP contribution < -0.4 is 11.1 Å². The summed E-state index contributed by atoms with van der Waals surface area (Å²) in [4.78, 5) is 26.5. The molecule has 1 aliphatic carbocycles. The van der Waals surface area contributed by atoms with Crippen molar-refractivity contribution in [1.29, 1.82) is 5.26 Å². The van der Waals surface area contributed by atoms with E-state index in [9.17, 15) is 23.6 Å². The smallest absolute Gasteiger partial charge is 0.223 e. The number of halogens is 2. The number of hydrogen-bond donors (Lipinski definition) is 2. The van der Waals surface area contributed by atoms with Gasteiger partial charge < -0.3 is 11.1 Å². The van der Waals surface area contributed by atoms with E-state index in [-0.39, 0.29) is 24.8 Å². The lowest BCUT2D eigenvalue weighted by molar-refractivity contribution is -0.131. The van der Waals surface area contributed by atoms with Crippen molar-refractivity contribution in [3.05, 3.63) is 35.4 Å². The molecule has 1 unspecified atom stereocenters. The summed E-state index contributed by atoms with van der Waals surface area (Å²) in [5.74, 6) is -1.91. The summed E-state index contributed by atoms with van der Waals surface area (Å²) in [7, 11) is 0. The van der Waals surface area contributed by atoms with Crippen LogP contribution in [0.1, 0.15) is 56.9 Å². The van der Waals surface area contributed by atoms with Gasteiger partial charge in [-0.25, -0.2) is 8.78 Å². The molecule has 1 aromatic carbocycles. The highest BCUT2D eigenvalue weighted by atomic mass is 19.1. The number of hydrogen-bond acceptors (Lipinski definition) is 4. The van der Waals surface area contributed by atoms with Gasteiger partial charge in [0.15, 0.2) is 0 Å². The second kappa shape index (κ2) is 9.09. The van der Waals surface area contributed by atoms with Crippen molar-refractivity contribution >= 4 is 11.8 Å². The van der Waals surface area contributed by atoms with Crippen LogP contribution in [0.2, 0.25) is 0 Å². The van der Waals surface area contributed by atoms with Crippen molar-refractivity contribution in [2.24, 2.45) is 11.1 Å². The molecule has 3 N–H and O–H groups in total. The molecule has 1 saturated carbocycles. The van der Waals surface area contributed by atoms with Gasteiger partial charge >= 0.3 is 0 Å². The van der Waals surface area contributed by atoms with E-state index in [4.69, 9.17) is 5.73 Å². The third kappa shape index (κ3) is 5.14. The van der Waals surface area contributed by atoms with Crippen LogP contribution in [-0.2, 0) is 16.1 Å². The first-order chi connectivity index (χ1) is 14.3. The second-order valence-electron chi connectivity index (χ2n) is 8.69. The van der Waals surface area contributed by atoms with Gasteiger partial charge in [0.1, 0.15) is 17.2 Å². The number of amides is 2. The van der Waals surface area contributed by atoms with E-state index in [1.54, 1.807) is 0 Å². The number of carbonyl (C=O) groups excluding carboxylic acids is 2. The SMILES string of the molecule is N#CC1(NC(=O)CCC2(C(N)=O)CCCCC2)CCN(Cc2cc(F)cc(F)c2)C1. The number of carbonyl (C=O) groups is 2. The first-order valence-electron chi connectivity index (χ1n) is 10.5. The van der Waals surface area contributed by atoms with Gasteiger partial charge in [0, 0.05) is 37.5 Å². The molecule has 30 heavy (non-hydrogen) atoms. The molecule has 3 rings (SSSR count). The molecule has 1 heterocycles. The van der Waals surface area contributed by atoms with E-state index < -0.39 is 22.6 Å². The lowest BCUT2D eigenvalue weighted by Gasteiger charge is -2.34.